The molecule has 9 heteroatoms. The van der Waals surface area contributed by atoms with E-state index in [-0.39, 0.29) is 11.6 Å². The average Bonchev–Trinajstić information content (AvgIpc) is 3.09. The molecule has 25 heavy (non-hydrogen) atoms. The molecule has 0 fully saturated rings. The van der Waals surface area contributed by atoms with Crippen molar-refractivity contribution in [3.8, 4) is 17.2 Å². The molecule has 7 nitrogen and oxygen atoms in total. The number of rotatable bonds is 7. The van der Waals surface area contributed by atoms with Crippen molar-refractivity contribution in [2.24, 2.45) is 0 Å². The van der Waals surface area contributed by atoms with Gasteiger partial charge in [-0.2, -0.15) is 0 Å². The summed E-state index contributed by atoms with van der Waals surface area (Å²) in [5, 5.41) is 19.7. The standard InChI is InChI=1S/C16H12ClN3O4S/c17-12-4-6-14(7-5-12)23-8-9-25-16-19-18-15(24-16)11-2-1-3-13(10-11)20(21)22/h1-7,10H,8-9H2. The van der Waals surface area contributed by atoms with Crippen LogP contribution in [-0.4, -0.2) is 27.5 Å². The molecular weight excluding hydrogens is 366 g/mol. The summed E-state index contributed by atoms with van der Waals surface area (Å²) in [6.07, 6.45) is 0. The predicted molar refractivity (Wildman–Crippen MR) is 94.1 cm³/mol. The summed E-state index contributed by atoms with van der Waals surface area (Å²) >= 11 is 7.15. The molecule has 0 aliphatic heterocycles. The van der Waals surface area contributed by atoms with Crippen molar-refractivity contribution in [2.45, 2.75) is 5.22 Å². The summed E-state index contributed by atoms with van der Waals surface area (Å²) in [6.45, 7) is 0.459. The smallest absolute Gasteiger partial charge is 0.276 e. The van der Waals surface area contributed by atoms with E-state index in [1.807, 2.05) is 0 Å². The first kappa shape index (κ1) is 17.2. The molecule has 0 aliphatic carbocycles. The molecule has 2 aromatic carbocycles. The quantitative estimate of drug-likeness (QED) is 0.259. The number of ether oxygens (including phenoxy) is 1. The molecule has 0 spiro atoms. The van der Waals surface area contributed by atoms with Crippen molar-refractivity contribution < 1.29 is 14.1 Å². The van der Waals surface area contributed by atoms with Crippen LogP contribution in [0.2, 0.25) is 5.02 Å². The first-order chi connectivity index (χ1) is 12.1. The lowest BCUT2D eigenvalue weighted by atomic mass is 10.2. The minimum Gasteiger partial charge on any atom is -0.493 e. The zero-order valence-corrected chi connectivity index (χ0v) is 14.4. The second kappa shape index (κ2) is 8.00. The van der Waals surface area contributed by atoms with E-state index in [1.54, 1.807) is 36.4 Å². The Bertz CT molecular complexity index is 870. The number of nitrogens with zero attached hydrogens (tertiary/aromatic N) is 3. The van der Waals surface area contributed by atoms with E-state index in [9.17, 15) is 10.1 Å². The lowest BCUT2D eigenvalue weighted by molar-refractivity contribution is -0.384. The number of hydrogen-bond acceptors (Lipinski definition) is 7. The zero-order valence-electron chi connectivity index (χ0n) is 12.8. The SMILES string of the molecule is O=[N+]([O-])c1cccc(-c2nnc(SCCOc3ccc(Cl)cc3)o2)c1. The van der Waals surface area contributed by atoms with Gasteiger partial charge in [0.15, 0.2) is 0 Å². The number of thioether (sulfide) groups is 1. The Morgan fingerprint density at radius 2 is 2.00 bits per heavy atom. The number of nitro groups is 1. The lowest BCUT2D eigenvalue weighted by Gasteiger charge is -2.04. The highest BCUT2D eigenvalue weighted by Crippen LogP contribution is 2.26. The van der Waals surface area contributed by atoms with E-state index in [1.165, 1.54) is 23.9 Å². The summed E-state index contributed by atoms with van der Waals surface area (Å²) in [5.41, 5.74) is 0.479. The Balaban J connectivity index is 1.54. The van der Waals surface area contributed by atoms with Gasteiger partial charge in [0.1, 0.15) is 5.75 Å². The first-order valence-corrected chi connectivity index (χ1v) is 8.58. The first-order valence-electron chi connectivity index (χ1n) is 7.21. The Morgan fingerprint density at radius 3 is 2.76 bits per heavy atom. The Labute approximate surface area is 152 Å². The van der Waals surface area contributed by atoms with Crippen LogP contribution in [-0.2, 0) is 0 Å². The maximum Gasteiger partial charge on any atom is 0.276 e. The minimum absolute atomic E-state index is 0.0266. The van der Waals surface area contributed by atoms with Crippen LogP contribution < -0.4 is 4.74 Å². The van der Waals surface area contributed by atoms with Crippen molar-refractivity contribution in [3.05, 3.63) is 63.7 Å². The molecule has 128 valence electrons. The molecule has 0 amide bonds. The molecule has 0 bridgehead atoms. The molecule has 0 aliphatic rings. The minimum atomic E-state index is -0.469. The summed E-state index contributed by atoms with van der Waals surface area (Å²) in [4.78, 5) is 10.3. The van der Waals surface area contributed by atoms with Gasteiger partial charge in [-0.3, -0.25) is 10.1 Å². The van der Waals surface area contributed by atoms with Crippen LogP contribution in [0.1, 0.15) is 0 Å². The largest absolute Gasteiger partial charge is 0.493 e. The molecule has 0 N–H and O–H groups in total. The van der Waals surface area contributed by atoms with Crippen molar-refractivity contribution >= 4 is 29.1 Å². The van der Waals surface area contributed by atoms with Crippen molar-refractivity contribution in [1.82, 2.24) is 10.2 Å². The fourth-order valence-electron chi connectivity index (χ4n) is 1.96. The van der Waals surface area contributed by atoms with Gasteiger partial charge in [-0.1, -0.05) is 29.4 Å². The summed E-state index contributed by atoms with van der Waals surface area (Å²) < 4.78 is 11.1. The van der Waals surface area contributed by atoms with Gasteiger partial charge in [0.05, 0.1) is 11.5 Å². The van der Waals surface area contributed by atoms with Crippen LogP contribution in [0.5, 0.6) is 5.75 Å². The maximum absolute atomic E-state index is 10.8. The fraction of sp³-hybridized carbons (Fsp3) is 0.125. The molecule has 0 radical (unpaired) electrons. The van der Waals surface area contributed by atoms with Crippen molar-refractivity contribution in [3.63, 3.8) is 0 Å². The van der Waals surface area contributed by atoms with E-state index < -0.39 is 4.92 Å². The highest BCUT2D eigenvalue weighted by molar-refractivity contribution is 7.99. The molecule has 0 atom stereocenters. The zero-order chi connectivity index (χ0) is 17.6. The molecule has 0 saturated carbocycles. The Hall–Kier alpha value is -2.58. The molecule has 0 unspecified atom stereocenters. The van der Waals surface area contributed by atoms with Gasteiger partial charge in [-0.15, -0.1) is 10.2 Å². The fourth-order valence-corrected chi connectivity index (χ4v) is 2.66. The summed E-state index contributed by atoms with van der Waals surface area (Å²) in [6, 6.07) is 13.2. The van der Waals surface area contributed by atoms with E-state index in [4.69, 9.17) is 20.8 Å². The van der Waals surface area contributed by atoms with Crippen LogP contribution in [0.3, 0.4) is 0 Å². The highest BCUT2D eigenvalue weighted by Gasteiger charge is 2.13. The van der Waals surface area contributed by atoms with E-state index in [0.717, 1.165) is 5.75 Å². The third kappa shape index (κ3) is 4.71. The Morgan fingerprint density at radius 1 is 1.20 bits per heavy atom. The van der Waals surface area contributed by atoms with E-state index in [0.29, 0.717) is 28.2 Å². The van der Waals surface area contributed by atoms with Crippen LogP contribution in [0.25, 0.3) is 11.5 Å². The molecule has 3 aromatic rings. The third-order valence-corrected chi connectivity index (χ3v) is 4.14. The highest BCUT2D eigenvalue weighted by atomic mass is 35.5. The van der Waals surface area contributed by atoms with Crippen LogP contribution in [0.4, 0.5) is 5.69 Å². The second-order valence-electron chi connectivity index (χ2n) is 4.83. The predicted octanol–water partition coefficient (Wildman–Crippen LogP) is 4.47. The van der Waals surface area contributed by atoms with Gasteiger partial charge in [-0.25, -0.2) is 0 Å². The number of hydrogen-bond donors (Lipinski definition) is 0. The summed E-state index contributed by atoms with van der Waals surface area (Å²) in [7, 11) is 0. The molecule has 3 rings (SSSR count). The Kier molecular flexibility index (Phi) is 5.52. The van der Waals surface area contributed by atoms with Crippen LogP contribution >= 0.6 is 23.4 Å². The van der Waals surface area contributed by atoms with Gasteiger partial charge in [-0.05, 0) is 30.3 Å². The van der Waals surface area contributed by atoms with Gasteiger partial charge >= 0.3 is 0 Å². The lowest BCUT2D eigenvalue weighted by Crippen LogP contribution is -1.99. The normalized spacial score (nSPS) is 10.6. The monoisotopic (exact) mass is 377 g/mol. The molecule has 1 aromatic heterocycles. The average molecular weight is 378 g/mol. The third-order valence-electron chi connectivity index (χ3n) is 3.10. The van der Waals surface area contributed by atoms with Gasteiger partial charge in [0.25, 0.3) is 10.9 Å². The molecule has 0 saturated heterocycles. The maximum atomic E-state index is 10.8. The second-order valence-corrected chi connectivity index (χ2v) is 6.31. The summed E-state index contributed by atoms with van der Waals surface area (Å²) in [5.74, 6) is 1.58. The van der Waals surface area contributed by atoms with Gasteiger partial charge < -0.3 is 9.15 Å². The van der Waals surface area contributed by atoms with Crippen LogP contribution in [0.15, 0.2) is 58.2 Å². The topological polar surface area (TPSA) is 91.3 Å². The van der Waals surface area contributed by atoms with Crippen molar-refractivity contribution in [1.29, 1.82) is 0 Å². The number of non-ortho nitro benzene ring substituents is 1. The number of nitro benzene ring substituents is 1. The number of aromatic nitrogens is 2. The molecular formula is C16H12ClN3O4S. The number of benzene rings is 2. The van der Waals surface area contributed by atoms with Crippen LogP contribution in [0, 0.1) is 10.1 Å². The van der Waals surface area contributed by atoms with Crippen molar-refractivity contribution in [2.75, 3.05) is 12.4 Å². The van der Waals surface area contributed by atoms with Gasteiger partial charge in [0.2, 0.25) is 5.89 Å². The number of halogens is 1. The molecule has 1 heterocycles. The van der Waals surface area contributed by atoms with E-state index >= 15 is 0 Å². The van der Waals surface area contributed by atoms with Gasteiger partial charge in [0, 0.05) is 28.5 Å². The van der Waals surface area contributed by atoms with E-state index in [2.05, 4.69) is 10.2 Å².